The van der Waals surface area contributed by atoms with Crippen molar-refractivity contribution in [1.82, 2.24) is 9.97 Å². The molecule has 0 radical (unpaired) electrons. The summed E-state index contributed by atoms with van der Waals surface area (Å²) < 4.78 is 0. The lowest BCUT2D eigenvalue weighted by atomic mass is 10.3. The molecule has 86 valence electrons. The molecule has 0 bridgehead atoms. The zero-order valence-electron chi connectivity index (χ0n) is 9.12. The molecule has 1 N–H and O–H groups in total. The summed E-state index contributed by atoms with van der Waals surface area (Å²) in [6, 6.07) is 4.97. The molecule has 0 unspecified atom stereocenters. The predicted octanol–water partition coefficient (Wildman–Crippen LogP) is 2.44. The highest BCUT2D eigenvalue weighted by Crippen LogP contribution is 2.24. The van der Waals surface area contributed by atoms with Gasteiger partial charge in [0.25, 0.3) is 5.69 Å². The maximum atomic E-state index is 10.8. The Hall–Kier alpha value is -2.50. The third-order valence-electron chi connectivity index (χ3n) is 2.17. The fourth-order valence-electron chi connectivity index (χ4n) is 1.32. The maximum absolute atomic E-state index is 10.8. The molecule has 2 heterocycles. The highest BCUT2D eigenvalue weighted by molar-refractivity contribution is 5.66. The molecule has 0 aliphatic rings. The minimum absolute atomic E-state index is 0.0256. The van der Waals surface area contributed by atoms with Crippen LogP contribution < -0.4 is 5.32 Å². The summed E-state index contributed by atoms with van der Waals surface area (Å²) in [6.07, 6.45) is 4.47. The molecule has 0 saturated heterocycles. The van der Waals surface area contributed by atoms with Gasteiger partial charge in [0.2, 0.25) is 0 Å². The molecular formula is C11H10N4O2. The van der Waals surface area contributed by atoms with Gasteiger partial charge in [-0.1, -0.05) is 6.07 Å². The fraction of sp³-hybridized carbons (Fsp3) is 0.0909. The monoisotopic (exact) mass is 230 g/mol. The summed E-state index contributed by atoms with van der Waals surface area (Å²) in [4.78, 5) is 18.3. The summed E-state index contributed by atoms with van der Waals surface area (Å²) in [6.45, 7) is 1.92. The summed E-state index contributed by atoms with van der Waals surface area (Å²) >= 11 is 0. The highest BCUT2D eigenvalue weighted by Gasteiger charge is 2.13. The van der Waals surface area contributed by atoms with E-state index >= 15 is 0 Å². The van der Waals surface area contributed by atoms with Crippen molar-refractivity contribution in [3.8, 4) is 0 Å². The molecule has 6 heteroatoms. The lowest BCUT2D eigenvalue weighted by molar-refractivity contribution is -0.384. The van der Waals surface area contributed by atoms with Gasteiger partial charge in [-0.15, -0.1) is 0 Å². The molecule has 0 spiro atoms. The number of nitrogens with one attached hydrogen (secondary N) is 1. The van der Waals surface area contributed by atoms with E-state index in [0.717, 1.165) is 5.56 Å². The lowest BCUT2D eigenvalue weighted by Crippen LogP contribution is -1.99. The van der Waals surface area contributed by atoms with Crippen LogP contribution in [0.4, 0.5) is 17.2 Å². The van der Waals surface area contributed by atoms with Crippen molar-refractivity contribution in [3.63, 3.8) is 0 Å². The topological polar surface area (TPSA) is 81.0 Å². The van der Waals surface area contributed by atoms with Gasteiger partial charge in [0.05, 0.1) is 11.1 Å². The van der Waals surface area contributed by atoms with Crippen LogP contribution in [0.15, 0.2) is 36.8 Å². The van der Waals surface area contributed by atoms with Crippen molar-refractivity contribution in [2.45, 2.75) is 6.92 Å². The number of aromatic nitrogens is 2. The zero-order chi connectivity index (χ0) is 12.3. The molecule has 0 amide bonds. The third-order valence-corrected chi connectivity index (χ3v) is 2.17. The second-order valence-corrected chi connectivity index (χ2v) is 3.50. The average molecular weight is 230 g/mol. The van der Waals surface area contributed by atoms with Crippen molar-refractivity contribution >= 4 is 17.2 Å². The largest absolute Gasteiger partial charge is 0.333 e. The molecule has 2 rings (SSSR count). The zero-order valence-corrected chi connectivity index (χ0v) is 9.12. The van der Waals surface area contributed by atoms with Crippen molar-refractivity contribution in [2.75, 3.05) is 5.32 Å². The van der Waals surface area contributed by atoms with Gasteiger partial charge in [-0.25, -0.2) is 4.98 Å². The van der Waals surface area contributed by atoms with E-state index in [9.17, 15) is 10.1 Å². The standard InChI is InChI=1S/C11H10N4O2/c1-8-2-3-11(13-6-8)14-9-7-12-5-4-10(9)15(16)17/h2-7H,1H3,(H,13,14). The number of nitro groups is 1. The number of nitrogens with zero attached hydrogens (tertiary/aromatic N) is 3. The number of aryl methyl sites for hydroxylation is 1. The number of hydrogen-bond acceptors (Lipinski definition) is 5. The molecule has 0 saturated carbocycles. The second kappa shape index (κ2) is 4.56. The van der Waals surface area contributed by atoms with E-state index in [1.54, 1.807) is 12.3 Å². The van der Waals surface area contributed by atoms with Gasteiger partial charge in [-0.05, 0) is 18.6 Å². The summed E-state index contributed by atoms with van der Waals surface area (Å²) in [5.74, 6) is 0.548. The normalized spacial score (nSPS) is 9.94. The van der Waals surface area contributed by atoms with E-state index in [-0.39, 0.29) is 5.69 Å². The Morgan fingerprint density at radius 2 is 2.12 bits per heavy atom. The van der Waals surface area contributed by atoms with Crippen LogP contribution in [0, 0.1) is 17.0 Å². The Morgan fingerprint density at radius 1 is 1.29 bits per heavy atom. The van der Waals surface area contributed by atoms with E-state index in [0.29, 0.717) is 11.5 Å². The van der Waals surface area contributed by atoms with Gasteiger partial charge in [0.15, 0.2) is 0 Å². The Bertz CT molecular complexity index is 539. The average Bonchev–Trinajstić information content (AvgIpc) is 2.32. The van der Waals surface area contributed by atoms with E-state index < -0.39 is 4.92 Å². The van der Waals surface area contributed by atoms with Gasteiger partial charge >= 0.3 is 0 Å². The first-order valence-electron chi connectivity index (χ1n) is 4.95. The van der Waals surface area contributed by atoms with E-state index in [4.69, 9.17) is 0 Å². The summed E-state index contributed by atoms with van der Waals surface area (Å²) in [5.41, 5.74) is 1.33. The fourth-order valence-corrected chi connectivity index (χ4v) is 1.32. The van der Waals surface area contributed by atoms with Crippen LogP contribution in [-0.4, -0.2) is 14.9 Å². The SMILES string of the molecule is Cc1ccc(Nc2cnccc2[N+](=O)[O-])nc1. The number of rotatable bonds is 3. The van der Waals surface area contributed by atoms with Crippen LogP contribution >= 0.6 is 0 Å². The molecule has 0 fully saturated rings. The number of pyridine rings is 2. The van der Waals surface area contributed by atoms with Gasteiger partial charge in [-0.2, -0.15) is 0 Å². The molecule has 0 aliphatic heterocycles. The molecule has 17 heavy (non-hydrogen) atoms. The minimum Gasteiger partial charge on any atom is -0.333 e. The first-order chi connectivity index (χ1) is 8.16. The maximum Gasteiger partial charge on any atom is 0.295 e. The van der Waals surface area contributed by atoms with Gasteiger partial charge in [0, 0.05) is 18.5 Å². The predicted molar refractivity (Wildman–Crippen MR) is 63.1 cm³/mol. The van der Waals surface area contributed by atoms with Crippen molar-refractivity contribution in [1.29, 1.82) is 0 Å². The quantitative estimate of drug-likeness (QED) is 0.646. The van der Waals surface area contributed by atoms with Crippen LogP contribution in [0.5, 0.6) is 0 Å². The third kappa shape index (κ3) is 2.54. The highest BCUT2D eigenvalue weighted by atomic mass is 16.6. The molecule has 0 aliphatic carbocycles. The number of hydrogen-bond donors (Lipinski definition) is 1. The van der Waals surface area contributed by atoms with Crippen molar-refractivity contribution in [2.24, 2.45) is 0 Å². The Labute approximate surface area is 97.5 Å². The molecule has 0 atom stereocenters. The van der Waals surface area contributed by atoms with Crippen molar-refractivity contribution in [3.05, 3.63) is 52.5 Å². The molecular weight excluding hydrogens is 220 g/mol. The van der Waals surface area contributed by atoms with Crippen LogP contribution in [0.3, 0.4) is 0 Å². The lowest BCUT2D eigenvalue weighted by Gasteiger charge is -2.05. The molecule has 2 aromatic heterocycles. The Kier molecular flexibility index (Phi) is 2.95. The van der Waals surface area contributed by atoms with Crippen LogP contribution in [-0.2, 0) is 0 Å². The molecule has 2 aromatic rings. The van der Waals surface area contributed by atoms with Crippen LogP contribution in [0.2, 0.25) is 0 Å². The van der Waals surface area contributed by atoms with Gasteiger partial charge in [0.1, 0.15) is 11.5 Å². The summed E-state index contributed by atoms with van der Waals surface area (Å²) in [7, 11) is 0. The van der Waals surface area contributed by atoms with E-state index in [1.807, 2.05) is 13.0 Å². The Balaban J connectivity index is 2.30. The minimum atomic E-state index is -0.460. The second-order valence-electron chi connectivity index (χ2n) is 3.50. The summed E-state index contributed by atoms with van der Waals surface area (Å²) in [5, 5.41) is 13.6. The smallest absolute Gasteiger partial charge is 0.295 e. The Morgan fingerprint density at radius 3 is 2.76 bits per heavy atom. The van der Waals surface area contributed by atoms with Crippen LogP contribution in [0.25, 0.3) is 0 Å². The van der Waals surface area contributed by atoms with E-state index in [1.165, 1.54) is 18.5 Å². The van der Waals surface area contributed by atoms with E-state index in [2.05, 4.69) is 15.3 Å². The number of anilines is 2. The van der Waals surface area contributed by atoms with Crippen molar-refractivity contribution < 1.29 is 4.92 Å². The van der Waals surface area contributed by atoms with Gasteiger partial charge in [-0.3, -0.25) is 15.1 Å². The first-order valence-corrected chi connectivity index (χ1v) is 4.95. The van der Waals surface area contributed by atoms with Gasteiger partial charge < -0.3 is 5.32 Å². The molecule has 6 nitrogen and oxygen atoms in total. The molecule has 0 aromatic carbocycles. The first kappa shape index (κ1) is 11.0. The van der Waals surface area contributed by atoms with Crippen LogP contribution in [0.1, 0.15) is 5.56 Å².